The standard InChI is InChI=1S/C18H22N2O4/c1-18(2,3)24-17(22)20-8-7-15-13(10-20)12-9-11(16(21)23-4)5-6-14(12)19-15/h5-6,9,19H,7-8,10H2,1-4H3. The number of rotatable bonds is 1. The lowest BCUT2D eigenvalue weighted by Gasteiger charge is -2.30. The Morgan fingerprint density at radius 3 is 2.67 bits per heavy atom. The SMILES string of the molecule is COC(=O)c1ccc2[nH]c3c(c2c1)CN(C(=O)OC(C)(C)C)CC3. The van der Waals surface area contributed by atoms with Crippen LogP contribution in [-0.2, 0) is 22.4 Å². The zero-order chi connectivity index (χ0) is 17.5. The van der Waals surface area contributed by atoms with Crippen LogP contribution < -0.4 is 0 Å². The summed E-state index contributed by atoms with van der Waals surface area (Å²) in [5.74, 6) is -0.369. The lowest BCUT2D eigenvalue weighted by molar-refractivity contribution is 0.0224. The third-order valence-electron chi connectivity index (χ3n) is 4.05. The summed E-state index contributed by atoms with van der Waals surface area (Å²) in [6.45, 7) is 6.64. The first-order valence-corrected chi connectivity index (χ1v) is 7.98. The van der Waals surface area contributed by atoms with Crippen LogP contribution in [0.5, 0.6) is 0 Å². The van der Waals surface area contributed by atoms with Crippen LogP contribution in [0.15, 0.2) is 18.2 Å². The molecule has 1 aromatic heterocycles. The van der Waals surface area contributed by atoms with E-state index in [1.54, 1.807) is 11.0 Å². The largest absolute Gasteiger partial charge is 0.465 e. The molecule has 0 aliphatic carbocycles. The van der Waals surface area contributed by atoms with Gasteiger partial charge in [0.2, 0.25) is 0 Å². The van der Waals surface area contributed by atoms with Crippen LogP contribution in [0.3, 0.4) is 0 Å². The van der Waals surface area contributed by atoms with Gasteiger partial charge in [-0.2, -0.15) is 0 Å². The maximum absolute atomic E-state index is 12.3. The van der Waals surface area contributed by atoms with Gasteiger partial charge in [0, 0.05) is 35.1 Å². The summed E-state index contributed by atoms with van der Waals surface area (Å²) >= 11 is 0. The quantitative estimate of drug-likeness (QED) is 0.815. The molecule has 0 atom stereocenters. The third kappa shape index (κ3) is 3.09. The highest BCUT2D eigenvalue weighted by molar-refractivity contribution is 5.96. The van der Waals surface area contributed by atoms with E-state index in [-0.39, 0.29) is 12.1 Å². The number of benzene rings is 1. The molecule has 3 rings (SSSR count). The Kier molecular flexibility index (Phi) is 3.99. The molecule has 2 heterocycles. The number of hydrogen-bond acceptors (Lipinski definition) is 4. The summed E-state index contributed by atoms with van der Waals surface area (Å²) in [6.07, 6.45) is 0.420. The fourth-order valence-corrected chi connectivity index (χ4v) is 2.94. The smallest absolute Gasteiger partial charge is 0.410 e. The number of nitrogens with one attached hydrogen (secondary N) is 1. The molecule has 128 valence electrons. The lowest BCUT2D eigenvalue weighted by Crippen LogP contribution is -2.39. The average molecular weight is 330 g/mol. The number of carbonyl (C=O) groups is 2. The van der Waals surface area contributed by atoms with Gasteiger partial charge >= 0.3 is 12.1 Å². The Labute approximate surface area is 140 Å². The predicted octanol–water partition coefficient (Wildman–Crippen LogP) is 3.25. The molecule has 24 heavy (non-hydrogen) atoms. The molecule has 0 fully saturated rings. The highest BCUT2D eigenvalue weighted by Gasteiger charge is 2.28. The number of aromatic nitrogens is 1. The van der Waals surface area contributed by atoms with Gasteiger partial charge in [-0.05, 0) is 39.0 Å². The van der Waals surface area contributed by atoms with E-state index in [0.29, 0.717) is 18.7 Å². The molecule has 0 saturated carbocycles. The fraction of sp³-hybridized carbons (Fsp3) is 0.444. The van der Waals surface area contributed by atoms with Gasteiger partial charge < -0.3 is 19.4 Å². The van der Waals surface area contributed by atoms with Crippen molar-refractivity contribution in [3.8, 4) is 0 Å². The number of nitrogens with zero attached hydrogens (tertiary/aromatic N) is 1. The molecule has 1 amide bonds. The monoisotopic (exact) mass is 330 g/mol. The van der Waals surface area contributed by atoms with Crippen LogP contribution >= 0.6 is 0 Å². The van der Waals surface area contributed by atoms with Crippen LogP contribution in [0.2, 0.25) is 0 Å². The van der Waals surface area contributed by atoms with Gasteiger partial charge in [-0.25, -0.2) is 9.59 Å². The molecule has 2 aromatic rings. The Bertz CT molecular complexity index is 801. The number of carbonyl (C=O) groups excluding carboxylic acids is 2. The van der Waals surface area contributed by atoms with Gasteiger partial charge in [0.1, 0.15) is 5.60 Å². The number of amides is 1. The van der Waals surface area contributed by atoms with Gasteiger partial charge in [-0.1, -0.05) is 0 Å². The molecule has 0 unspecified atom stereocenters. The molecular formula is C18H22N2O4. The maximum Gasteiger partial charge on any atom is 0.410 e. The minimum absolute atomic E-state index is 0.313. The molecule has 0 saturated heterocycles. The Balaban J connectivity index is 1.92. The van der Waals surface area contributed by atoms with E-state index in [9.17, 15) is 9.59 Å². The first kappa shape index (κ1) is 16.4. The van der Waals surface area contributed by atoms with Crippen LogP contribution in [0, 0.1) is 0 Å². The van der Waals surface area contributed by atoms with Crippen molar-refractivity contribution in [1.29, 1.82) is 0 Å². The highest BCUT2D eigenvalue weighted by atomic mass is 16.6. The average Bonchev–Trinajstić information content (AvgIpc) is 2.89. The van der Waals surface area contributed by atoms with Crippen LogP contribution in [0.1, 0.15) is 42.4 Å². The zero-order valence-electron chi connectivity index (χ0n) is 14.4. The Hall–Kier alpha value is -2.50. The third-order valence-corrected chi connectivity index (χ3v) is 4.05. The van der Waals surface area contributed by atoms with Crippen LogP contribution in [0.4, 0.5) is 4.79 Å². The van der Waals surface area contributed by atoms with E-state index in [2.05, 4.69) is 4.98 Å². The van der Waals surface area contributed by atoms with Crippen LogP contribution in [0.25, 0.3) is 10.9 Å². The number of fused-ring (bicyclic) bond motifs is 3. The number of esters is 1. The number of H-pyrrole nitrogens is 1. The van der Waals surface area contributed by atoms with Crippen molar-refractivity contribution in [1.82, 2.24) is 9.88 Å². The Morgan fingerprint density at radius 1 is 1.25 bits per heavy atom. The van der Waals surface area contributed by atoms with Crippen molar-refractivity contribution < 1.29 is 19.1 Å². The fourth-order valence-electron chi connectivity index (χ4n) is 2.94. The molecular weight excluding hydrogens is 308 g/mol. The second kappa shape index (κ2) is 5.85. The minimum Gasteiger partial charge on any atom is -0.465 e. The van der Waals surface area contributed by atoms with E-state index in [1.807, 2.05) is 32.9 Å². The number of aromatic amines is 1. The second-order valence-electron chi connectivity index (χ2n) is 6.99. The second-order valence-corrected chi connectivity index (χ2v) is 6.99. The van der Waals surface area contributed by atoms with Gasteiger partial charge in [-0.15, -0.1) is 0 Å². The van der Waals surface area contributed by atoms with E-state index in [1.165, 1.54) is 7.11 Å². The number of hydrogen-bond donors (Lipinski definition) is 1. The van der Waals surface area contributed by atoms with Crippen molar-refractivity contribution >= 4 is 23.0 Å². The molecule has 6 heteroatoms. The van der Waals surface area contributed by atoms with Crippen molar-refractivity contribution in [2.75, 3.05) is 13.7 Å². The van der Waals surface area contributed by atoms with E-state index in [0.717, 1.165) is 28.6 Å². The van der Waals surface area contributed by atoms with E-state index < -0.39 is 5.60 Å². The first-order valence-electron chi connectivity index (χ1n) is 7.98. The zero-order valence-corrected chi connectivity index (χ0v) is 14.4. The molecule has 1 aromatic carbocycles. The maximum atomic E-state index is 12.3. The first-order chi connectivity index (χ1) is 11.3. The summed E-state index contributed by atoms with van der Waals surface area (Å²) in [5.41, 5.74) is 3.08. The van der Waals surface area contributed by atoms with Crippen molar-refractivity contribution in [2.45, 2.75) is 39.3 Å². The number of methoxy groups -OCH3 is 1. The van der Waals surface area contributed by atoms with Gasteiger partial charge in [0.05, 0.1) is 19.2 Å². The molecule has 6 nitrogen and oxygen atoms in total. The summed E-state index contributed by atoms with van der Waals surface area (Å²) in [5, 5.41) is 0.946. The van der Waals surface area contributed by atoms with Crippen molar-refractivity contribution in [3.63, 3.8) is 0 Å². The summed E-state index contributed by atoms with van der Waals surface area (Å²) in [7, 11) is 1.36. The molecule has 0 radical (unpaired) electrons. The topological polar surface area (TPSA) is 71.6 Å². The van der Waals surface area contributed by atoms with Gasteiger partial charge in [-0.3, -0.25) is 0 Å². The van der Waals surface area contributed by atoms with Crippen molar-refractivity contribution in [2.24, 2.45) is 0 Å². The van der Waals surface area contributed by atoms with Crippen molar-refractivity contribution in [3.05, 3.63) is 35.0 Å². The summed E-state index contributed by atoms with van der Waals surface area (Å²) < 4.78 is 10.2. The lowest BCUT2D eigenvalue weighted by atomic mass is 10.0. The minimum atomic E-state index is -0.518. The molecule has 1 aliphatic rings. The normalized spacial score (nSPS) is 14.4. The molecule has 1 aliphatic heterocycles. The number of ether oxygens (including phenoxy) is 2. The molecule has 1 N–H and O–H groups in total. The summed E-state index contributed by atoms with van der Waals surface area (Å²) in [4.78, 5) is 29.2. The highest BCUT2D eigenvalue weighted by Crippen LogP contribution is 2.29. The van der Waals surface area contributed by atoms with E-state index >= 15 is 0 Å². The summed E-state index contributed by atoms with van der Waals surface area (Å²) in [6, 6.07) is 5.43. The molecule has 0 bridgehead atoms. The van der Waals surface area contributed by atoms with Gasteiger partial charge in [0.15, 0.2) is 0 Å². The Morgan fingerprint density at radius 2 is 2.00 bits per heavy atom. The van der Waals surface area contributed by atoms with Gasteiger partial charge in [0.25, 0.3) is 0 Å². The van der Waals surface area contributed by atoms with E-state index in [4.69, 9.17) is 9.47 Å². The molecule has 0 spiro atoms. The predicted molar refractivity (Wildman–Crippen MR) is 90.0 cm³/mol. The van der Waals surface area contributed by atoms with Crippen LogP contribution in [-0.4, -0.2) is 41.2 Å².